The quantitative estimate of drug-likeness (QED) is 0.409. The van der Waals surface area contributed by atoms with E-state index in [0.29, 0.717) is 34.0 Å². The Kier molecular flexibility index (Phi) is 6.94. The zero-order chi connectivity index (χ0) is 24.4. The topological polar surface area (TPSA) is 122 Å². The maximum absolute atomic E-state index is 13.0. The molecule has 3 aromatic rings. The molecule has 0 bridgehead atoms. The van der Waals surface area contributed by atoms with Crippen LogP contribution in [0.4, 0.5) is 17.5 Å². The van der Waals surface area contributed by atoms with E-state index in [0.717, 1.165) is 5.56 Å². The van der Waals surface area contributed by atoms with E-state index in [4.69, 9.17) is 4.74 Å². The number of aliphatic hydroxyl groups excluding tert-OH is 1. The highest BCUT2D eigenvalue weighted by Crippen LogP contribution is 2.28. The van der Waals surface area contributed by atoms with Gasteiger partial charge < -0.3 is 30.2 Å². The lowest BCUT2D eigenvalue weighted by atomic mass is 10.1. The second-order valence-corrected chi connectivity index (χ2v) is 9.79. The number of aliphatic hydroxyl groups is 2. The van der Waals surface area contributed by atoms with E-state index in [1.165, 1.54) is 4.57 Å². The SMILES string of the molecule is Cc1cnc(Nc2cc3ccn(CCO)c(=O)c3c(NC(C)(C)C)n2)cc1OCC(C)(C)O. The van der Waals surface area contributed by atoms with Crippen LogP contribution in [-0.4, -0.2) is 49.1 Å². The van der Waals surface area contributed by atoms with Crippen molar-refractivity contribution in [3.05, 3.63) is 46.5 Å². The molecule has 0 unspecified atom stereocenters. The Labute approximate surface area is 193 Å². The van der Waals surface area contributed by atoms with Crippen molar-refractivity contribution in [3.63, 3.8) is 0 Å². The van der Waals surface area contributed by atoms with Crippen molar-refractivity contribution in [1.29, 1.82) is 0 Å². The third-order valence-corrected chi connectivity index (χ3v) is 4.68. The Morgan fingerprint density at radius 2 is 1.88 bits per heavy atom. The summed E-state index contributed by atoms with van der Waals surface area (Å²) in [5, 5.41) is 26.9. The molecule has 0 atom stereocenters. The van der Waals surface area contributed by atoms with Gasteiger partial charge in [0.25, 0.3) is 5.56 Å². The highest BCUT2D eigenvalue weighted by molar-refractivity contribution is 5.93. The molecule has 178 valence electrons. The predicted octanol–water partition coefficient (Wildman–Crippen LogP) is 3.20. The van der Waals surface area contributed by atoms with Gasteiger partial charge in [0, 0.05) is 36.1 Å². The Bertz CT molecular complexity index is 1190. The summed E-state index contributed by atoms with van der Waals surface area (Å²) >= 11 is 0. The molecule has 0 aromatic carbocycles. The minimum atomic E-state index is -0.959. The van der Waals surface area contributed by atoms with E-state index in [-0.39, 0.29) is 30.9 Å². The molecule has 0 aliphatic heterocycles. The summed E-state index contributed by atoms with van der Waals surface area (Å²) in [4.78, 5) is 22.1. The Balaban J connectivity index is 2.02. The van der Waals surface area contributed by atoms with E-state index in [1.807, 2.05) is 33.8 Å². The Morgan fingerprint density at radius 1 is 1.15 bits per heavy atom. The van der Waals surface area contributed by atoms with Crippen LogP contribution in [0, 0.1) is 6.92 Å². The first-order chi connectivity index (χ1) is 15.4. The fourth-order valence-corrected chi connectivity index (χ4v) is 3.21. The number of anilines is 3. The smallest absolute Gasteiger partial charge is 0.262 e. The van der Waals surface area contributed by atoms with Gasteiger partial charge in [-0.3, -0.25) is 4.79 Å². The van der Waals surface area contributed by atoms with Gasteiger partial charge in [0.05, 0.1) is 17.6 Å². The molecule has 3 heterocycles. The monoisotopic (exact) mass is 455 g/mol. The number of hydrogen-bond acceptors (Lipinski definition) is 8. The lowest BCUT2D eigenvalue weighted by molar-refractivity contribution is 0.0282. The second kappa shape index (κ2) is 9.36. The minimum Gasteiger partial charge on any atom is -0.490 e. The Morgan fingerprint density at radius 3 is 2.52 bits per heavy atom. The largest absolute Gasteiger partial charge is 0.490 e. The summed E-state index contributed by atoms with van der Waals surface area (Å²) in [5.74, 6) is 2.09. The number of rotatable bonds is 8. The van der Waals surface area contributed by atoms with Crippen LogP contribution in [0.2, 0.25) is 0 Å². The van der Waals surface area contributed by atoms with Gasteiger partial charge in [0.15, 0.2) is 0 Å². The van der Waals surface area contributed by atoms with E-state index in [2.05, 4.69) is 20.6 Å². The van der Waals surface area contributed by atoms with Crippen molar-refractivity contribution in [2.75, 3.05) is 23.8 Å². The van der Waals surface area contributed by atoms with Crippen LogP contribution >= 0.6 is 0 Å². The maximum Gasteiger partial charge on any atom is 0.262 e. The van der Waals surface area contributed by atoms with Gasteiger partial charge in [-0.2, -0.15) is 0 Å². The summed E-state index contributed by atoms with van der Waals surface area (Å²) < 4.78 is 7.24. The third kappa shape index (κ3) is 6.43. The fourth-order valence-electron chi connectivity index (χ4n) is 3.21. The molecule has 0 saturated carbocycles. The van der Waals surface area contributed by atoms with Gasteiger partial charge in [-0.25, -0.2) is 9.97 Å². The molecule has 9 nitrogen and oxygen atoms in total. The van der Waals surface area contributed by atoms with Crippen LogP contribution in [0.1, 0.15) is 40.2 Å². The van der Waals surface area contributed by atoms with Gasteiger partial charge >= 0.3 is 0 Å². The lowest BCUT2D eigenvalue weighted by Crippen LogP contribution is -2.29. The van der Waals surface area contributed by atoms with Crippen molar-refractivity contribution < 1.29 is 14.9 Å². The van der Waals surface area contributed by atoms with Gasteiger partial charge in [-0.1, -0.05) is 0 Å². The first kappa shape index (κ1) is 24.5. The normalized spacial score (nSPS) is 12.1. The molecule has 33 heavy (non-hydrogen) atoms. The van der Waals surface area contributed by atoms with Crippen molar-refractivity contribution >= 4 is 28.2 Å². The first-order valence-corrected chi connectivity index (χ1v) is 10.9. The fraction of sp³-hybridized carbons (Fsp3) is 0.458. The Hall–Kier alpha value is -3.17. The second-order valence-electron chi connectivity index (χ2n) is 9.79. The summed E-state index contributed by atoms with van der Waals surface area (Å²) in [6.45, 7) is 11.4. The zero-order valence-corrected chi connectivity index (χ0v) is 20.1. The van der Waals surface area contributed by atoms with Crippen LogP contribution in [0.5, 0.6) is 5.75 Å². The van der Waals surface area contributed by atoms with E-state index >= 15 is 0 Å². The van der Waals surface area contributed by atoms with E-state index in [9.17, 15) is 15.0 Å². The average Bonchev–Trinajstić information content (AvgIpc) is 2.68. The van der Waals surface area contributed by atoms with E-state index in [1.54, 1.807) is 38.4 Å². The maximum atomic E-state index is 13.0. The average molecular weight is 456 g/mol. The van der Waals surface area contributed by atoms with Crippen LogP contribution in [0.3, 0.4) is 0 Å². The summed E-state index contributed by atoms with van der Waals surface area (Å²) in [6, 6.07) is 5.36. The summed E-state index contributed by atoms with van der Waals surface area (Å²) in [7, 11) is 0. The predicted molar refractivity (Wildman–Crippen MR) is 131 cm³/mol. The van der Waals surface area contributed by atoms with Crippen LogP contribution < -0.4 is 20.9 Å². The third-order valence-electron chi connectivity index (χ3n) is 4.68. The number of nitrogens with zero attached hydrogens (tertiary/aromatic N) is 3. The van der Waals surface area contributed by atoms with Crippen LogP contribution in [0.15, 0.2) is 35.4 Å². The minimum absolute atomic E-state index is 0.128. The molecule has 3 aromatic heterocycles. The van der Waals surface area contributed by atoms with Crippen LogP contribution in [-0.2, 0) is 6.54 Å². The molecule has 0 saturated heterocycles. The van der Waals surface area contributed by atoms with Crippen molar-refractivity contribution in [2.24, 2.45) is 0 Å². The molecular weight excluding hydrogens is 422 g/mol. The molecule has 0 radical (unpaired) electrons. The summed E-state index contributed by atoms with van der Waals surface area (Å²) in [6.07, 6.45) is 3.35. The number of aryl methyl sites for hydroxylation is 1. The highest BCUT2D eigenvalue weighted by atomic mass is 16.5. The number of fused-ring (bicyclic) bond motifs is 1. The van der Waals surface area contributed by atoms with Crippen molar-refractivity contribution in [3.8, 4) is 5.75 Å². The molecule has 3 rings (SSSR count). The first-order valence-electron chi connectivity index (χ1n) is 10.9. The number of pyridine rings is 3. The number of ether oxygens (including phenoxy) is 1. The standard InChI is InChI=1S/C24H33N5O4/c1-15-13-25-18(12-17(15)33-14-24(5,6)32)26-19-11-16-7-8-29(9-10-30)22(31)20(16)21(27-19)28-23(2,3)4/h7-8,11-13,30,32H,9-10,14H2,1-6H3,(H2,25,26,27,28). The zero-order valence-electron chi connectivity index (χ0n) is 20.1. The van der Waals surface area contributed by atoms with Gasteiger partial charge in [0.2, 0.25) is 0 Å². The molecule has 0 aliphatic rings. The molecule has 4 N–H and O–H groups in total. The number of nitrogens with one attached hydrogen (secondary N) is 2. The summed E-state index contributed by atoms with van der Waals surface area (Å²) in [5.41, 5.74) is -0.665. The molecular formula is C24H33N5O4. The molecule has 0 aliphatic carbocycles. The molecule has 9 heteroatoms. The number of aromatic nitrogens is 3. The molecule has 0 fully saturated rings. The van der Waals surface area contributed by atoms with Crippen molar-refractivity contribution in [2.45, 2.75) is 59.2 Å². The van der Waals surface area contributed by atoms with E-state index < -0.39 is 5.60 Å². The van der Waals surface area contributed by atoms with Gasteiger partial charge in [-0.05, 0) is 59.1 Å². The molecule has 0 spiro atoms. The van der Waals surface area contributed by atoms with Gasteiger partial charge in [0.1, 0.15) is 29.8 Å². The molecule has 0 amide bonds. The van der Waals surface area contributed by atoms with Crippen molar-refractivity contribution in [1.82, 2.24) is 14.5 Å². The lowest BCUT2D eigenvalue weighted by Gasteiger charge is -2.23. The highest BCUT2D eigenvalue weighted by Gasteiger charge is 2.18. The number of hydrogen-bond donors (Lipinski definition) is 4. The van der Waals surface area contributed by atoms with Gasteiger partial charge in [-0.15, -0.1) is 0 Å². The van der Waals surface area contributed by atoms with Crippen LogP contribution in [0.25, 0.3) is 10.8 Å².